The van der Waals surface area contributed by atoms with Crippen molar-refractivity contribution in [3.05, 3.63) is 29.7 Å². The topological polar surface area (TPSA) is 77.0 Å². The molecule has 1 N–H and O–H groups in total. The number of rotatable bonds is 3. The molecular formula is C9H8N4O2S. The summed E-state index contributed by atoms with van der Waals surface area (Å²) in [6.45, 7) is 0. The Morgan fingerprint density at radius 3 is 2.94 bits per heavy atom. The van der Waals surface area contributed by atoms with E-state index in [4.69, 9.17) is 0 Å². The van der Waals surface area contributed by atoms with Crippen molar-refractivity contribution in [3.63, 3.8) is 0 Å². The van der Waals surface area contributed by atoms with Crippen LogP contribution in [0.15, 0.2) is 24.8 Å². The van der Waals surface area contributed by atoms with Crippen molar-refractivity contribution in [2.24, 2.45) is 0 Å². The van der Waals surface area contributed by atoms with Gasteiger partial charge in [-0.2, -0.15) is 0 Å². The molecule has 0 aliphatic rings. The molecule has 2 rings (SSSR count). The van der Waals surface area contributed by atoms with Crippen LogP contribution in [-0.4, -0.2) is 28.0 Å². The summed E-state index contributed by atoms with van der Waals surface area (Å²) >= 11 is 1.20. The van der Waals surface area contributed by atoms with Crippen LogP contribution in [0, 0.1) is 0 Å². The van der Waals surface area contributed by atoms with Crippen molar-refractivity contribution in [2.45, 2.75) is 0 Å². The normalized spacial score (nSPS) is 9.81. The maximum Gasteiger partial charge on any atom is 0.349 e. The van der Waals surface area contributed by atoms with Gasteiger partial charge in [-0.05, 0) is 0 Å². The summed E-state index contributed by atoms with van der Waals surface area (Å²) in [5.74, 6) is 0.179. The highest BCUT2D eigenvalue weighted by Crippen LogP contribution is 2.21. The maximum atomic E-state index is 11.2. The number of nitrogens with zero attached hydrogens (tertiary/aromatic N) is 3. The minimum atomic E-state index is -0.398. The number of aromatic nitrogens is 3. The Labute approximate surface area is 95.3 Å². The van der Waals surface area contributed by atoms with Crippen molar-refractivity contribution < 1.29 is 9.53 Å². The summed E-state index contributed by atoms with van der Waals surface area (Å²) in [6, 6.07) is 0. The first-order chi connectivity index (χ1) is 7.79. The molecule has 0 aliphatic heterocycles. The number of hydrogen-bond acceptors (Lipinski definition) is 7. The molecule has 6 nitrogen and oxygen atoms in total. The van der Waals surface area contributed by atoms with E-state index in [0.717, 1.165) is 0 Å². The highest BCUT2D eigenvalue weighted by Gasteiger charge is 2.10. The Hall–Kier alpha value is -2.02. The minimum Gasteiger partial charge on any atom is -0.465 e. The Bertz CT molecular complexity index is 485. The molecule has 0 aromatic carbocycles. The van der Waals surface area contributed by atoms with Gasteiger partial charge in [0.05, 0.1) is 19.5 Å². The molecular weight excluding hydrogens is 228 g/mol. The number of hydrogen-bond donors (Lipinski definition) is 1. The Balaban J connectivity index is 2.12. The average Bonchev–Trinajstić information content (AvgIpc) is 2.78. The van der Waals surface area contributed by atoms with Gasteiger partial charge in [-0.15, -0.1) is 0 Å². The second-order valence-electron chi connectivity index (χ2n) is 2.74. The first-order valence-electron chi connectivity index (χ1n) is 4.37. The maximum absolute atomic E-state index is 11.2. The first kappa shape index (κ1) is 10.5. The number of carbonyl (C=O) groups is 1. The molecule has 0 fully saturated rings. The smallest absolute Gasteiger partial charge is 0.349 e. The molecule has 0 unspecified atom stereocenters. The number of nitrogens with one attached hydrogen (secondary N) is 1. The van der Waals surface area contributed by atoms with Crippen LogP contribution in [0.25, 0.3) is 0 Å². The lowest BCUT2D eigenvalue weighted by molar-refractivity contribution is 0.0606. The number of anilines is 2. The monoisotopic (exact) mass is 236 g/mol. The number of esters is 1. The van der Waals surface area contributed by atoms with Crippen molar-refractivity contribution in [2.75, 3.05) is 12.4 Å². The molecule has 0 amide bonds. The zero-order valence-electron chi connectivity index (χ0n) is 8.38. The predicted molar refractivity (Wildman–Crippen MR) is 58.8 cm³/mol. The minimum absolute atomic E-state index is 0.398. The molecule has 0 atom stereocenters. The molecule has 2 heterocycles. The van der Waals surface area contributed by atoms with Crippen LogP contribution in [-0.2, 0) is 4.74 Å². The summed E-state index contributed by atoms with van der Waals surface area (Å²) in [7, 11) is 1.33. The van der Waals surface area contributed by atoms with Crippen molar-refractivity contribution in [3.8, 4) is 0 Å². The largest absolute Gasteiger partial charge is 0.465 e. The fraction of sp³-hybridized carbons (Fsp3) is 0.111. The van der Waals surface area contributed by atoms with E-state index in [1.54, 1.807) is 18.6 Å². The summed E-state index contributed by atoms with van der Waals surface area (Å²) < 4.78 is 4.58. The third-order valence-electron chi connectivity index (χ3n) is 1.69. The molecule has 7 heteroatoms. The van der Waals surface area contributed by atoms with Crippen LogP contribution < -0.4 is 5.32 Å². The van der Waals surface area contributed by atoms with E-state index < -0.39 is 5.97 Å². The number of ether oxygens (including phenoxy) is 1. The van der Waals surface area contributed by atoms with Gasteiger partial charge in [0.15, 0.2) is 10.9 Å². The van der Waals surface area contributed by atoms with Gasteiger partial charge in [-0.1, -0.05) is 11.3 Å². The van der Waals surface area contributed by atoms with Crippen molar-refractivity contribution in [1.29, 1.82) is 0 Å². The fourth-order valence-electron chi connectivity index (χ4n) is 1.00. The summed E-state index contributed by atoms with van der Waals surface area (Å²) in [6.07, 6.45) is 6.17. The molecule has 0 bridgehead atoms. The average molecular weight is 236 g/mol. The van der Waals surface area contributed by atoms with E-state index in [-0.39, 0.29) is 0 Å². The quantitative estimate of drug-likeness (QED) is 0.813. The van der Waals surface area contributed by atoms with Gasteiger partial charge in [0.25, 0.3) is 0 Å². The molecule has 82 valence electrons. The first-order valence-corrected chi connectivity index (χ1v) is 5.18. The van der Waals surface area contributed by atoms with Gasteiger partial charge in [-0.25, -0.2) is 14.8 Å². The van der Waals surface area contributed by atoms with E-state index in [9.17, 15) is 4.79 Å². The SMILES string of the molecule is COC(=O)c1cnc(Nc2cnccn2)s1. The van der Waals surface area contributed by atoms with Gasteiger partial charge in [0, 0.05) is 12.4 Å². The highest BCUT2D eigenvalue weighted by molar-refractivity contribution is 7.17. The van der Waals surface area contributed by atoms with Crippen molar-refractivity contribution >= 4 is 28.3 Å². The fourth-order valence-corrected chi connectivity index (χ4v) is 1.74. The van der Waals surface area contributed by atoms with E-state index >= 15 is 0 Å². The van der Waals surface area contributed by atoms with E-state index in [2.05, 4.69) is 25.0 Å². The zero-order chi connectivity index (χ0) is 11.4. The molecule has 0 radical (unpaired) electrons. The Morgan fingerprint density at radius 1 is 1.38 bits per heavy atom. The van der Waals surface area contributed by atoms with Crippen LogP contribution in [0.5, 0.6) is 0 Å². The molecule has 0 aliphatic carbocycles. The predicted octanol–water partition coefficient (Wildman–Crippen LogP) is 1.46. The van der Waals surface area contributed by atoms with Crippen LogP contribution in [0.3, 0.4) is 0 Å². The van der Waals surface area contributed by atoms with Gasteiger partial charge < -0.3 is 10.1 Å². The lowest BCUT2D eigenvalue weighted by Gasteiger charge is -1.98. The molecule has 0 spiro atoms. The van der Waals surface area contributed by atoms with Gasteiger partial charge >= 0.3 is 5.97 Å². The van der Waals surface area contributed by atoms with Crippen LogP contribution in [0.4, 0.5) is 10.9 Å². The van der Waals surface area contributed by atoms with Crippen molar-refractivity contribution in [1.82, 2.24) is 15.0 Å². The molecule has 2 aromatic rings. The van der Waals surface area contributed by atoms with Gasteiger partial charge in [0.2, 0.25) is 0 Å². The summed E-state index contributed by atoms with van der Waals surface area (Å²) in [5, 5.41) is 3.50. The second-order valence-corrected chi connectivity index (χ2v) is 3.77. The molecule has 16 heavy (non-hydrogen) atoms. The Kier molecular flexibility index (Phi) is 3.06. The van der Waals surface area contributed by atoms with Crippen LogP contribution >= 0.6 is 11.3 Å². The number of thiazole rings is 1. The summed E-state index contributed by atoms with van der Waals surface area (Å²) in [4.78, 5) is 23.6. The molecule has 0 saturated carbocycles. The van der Waals surface area contributed by atoms with E-state index in [1.165, 1.54) is 24.6 Å². The lowest BCUT2D eigenvalue weighted by atomic mass is 10.6. The van der Waals surface area contributed by atoms with E-state index in [0.29, 0.717) is 15.8 Å². The standard InChI is InChI=1S/C9H8N4O2S/c1-15-8(14)6-4-12-9(16-6)13-7-5-10-2-3-11-7/h2-5H,1H3,(H,11,12,13). The Morgan fingerprint density at radius 2 is 2.25 bits per heavy atom. The molecule has 2 aromatic heterocycles. The second kappa shape index (κ2) is 4.67. The van der Waals surface area contributed by atoms with E-state index in [1.807, 2.05) is 0 Å². The van der Waals surface area contributed by atoms with Gasteiger partial charge in [0.1, 0.15) is 4.88 Å². The number of carbonyl (C=O) groups excluding carboxylic acids is 1. The zero-order valence-corrected chi connectivity index (χ0v) is 9.19. The third kappa shape index (κ3) is 2.31. The van der Waals surface area contributed by atoms with Crippen LogP contribution in [0.1, 0.15) is 9.67 Å². The number of methoxy groups -OCH3 is 1. The van der Waals surface area contributed by atoms with Crippen LogP contribution in [0.2, 0.25) is 0 Å². The van der Waals surface area contributed by atoms with Gasteiger partial charge in [-0.3, -0.25) is 4.98 Å². The summed E-state index contributed by atoms with van der Waals surface area (Å²) in [5.41, 5.74) is 0. The third-order valence-corrected chi connectivity index (χ3v) is 2.58. The highest BCUT2D eigenvalue weighted by atomic mass is 32.1. The lowest BCUT2D eigenvalue weighted by Crippen LogP contribution is -1.96. The molecule has 0 saturated heterocycles.